The molecule has 1 fully saturated rings. The normalized spacial score (nSPS) is 18.9. The lowest BCUT2D eigenvalue weighted by molar-refractivity contribution is 0.0527. The minimum absolute atomic E-state index is 0.187. The second kappa shape index (κ2) is 6.43. The molecule has 0 spiro atoms. The van der Waals surface area contributed by atoms with Gasteiger partial charge in [-0.1, -0.05) is 6.07 Å². The average molecular weight is 264 g/mol. The molecule has 0 amide bonds. The van der Waals surface area contributed by atoms with E-state index in [0.29, 0.717) is 30.2 Å². The van der Waals surface area contributed by atoms with Crippen LogP contribution >= 0.6 is 0 Å². The minimum atomic E-state index is -0.353. The predicted octanol–water partition coefficient (Wildman–Crippen LogP) is 2.04. The number of nitrogen functional groups attached to an aromatic ring is 1. The Morgan fingerprint density at radius 2 is 2.42 bits per heavy atom. The van der Waals surface area contributed by atoms with Crippen LogP contribution in [-0.2, 0) is 9.47 Å². The maximum atomic E-state index is 11.9. The molecule has 1 heterocycles. The quantitative estimate of drug-likeness (QED) is 0.643. The molecule has 5 heteroatoms. The van der Waals surface area contributed by atoms with Crippen LogP contribution in [0, 0.1) is 0 Å². The Morgan fingerprint density at radius 3 is 3.11 bits per heavy atom. The Kier molecular flexibility index (Phi) is 4.63. The van der Waals surface area contributed by atoms with Gasteiger partial charge >= 0.3 is 5.97 Å². The summed E-state index contributed by atoms with van der Waals surface area (Å²) in [6, 6.07) is 5.44. The molecule has 1 unspecified atom stereocenters. The molecular formula is C14H20N2O3. The van der Waals surface area contributed by atoms with Gasteiger partial charge in [-0.3, -0.25) is 0 Å². The number of anilines is 2. The summed E-state index contributed by atoms with van der Waals surface area (Å²) in [5.41, 5.74) is 7.64. The van der Waals surface area contributed by atoms with Crippen LogP contribution in [0.3, 0.4) is 0 Å². The van der Waals surface area contributed by atoms with Crippen LogP contribution < -0.4 is 11.1 Å². The van der Waals surface area contributed by atoms with Crippen molar-refractivity contribution in [2.45, 2.75) is 25.8 Å². The summed E-state index contributed by atoms with van der Waals surface area (Å²) in [5.74, 6) is -0.353. The largest absolute Gasteiger partial charge is 0.462 e. The summed E-state index contributed by atoms with van der Waals surface area (Å²) >= 11 is 0. The lowest BCUT2D eigenvalue weighted by Gasteiger charge is -2.25. The van der Waals surface area contributed by atoms with Crippen molar-refractivity contribution in [2.75, 3.05) is 30.9 Å². The number of esters is 1. The Hall–Kier alpha value is -1.75. The maximum absolute atomic E-state index is 11.9. The molecule has 3 N–H and O–H groups in total. The SMILES string of the molecule is CCOC(=O)c1cccc(N)c1NC1CCCOC1. The van der Waals surface area contributed by atoms with E-state index in [-0.39, 0.29) is 12.0 Å². The predicted molar refractivity (Wildman–Crippen MR) is 74.3 cm³/mol. The summed E-state index contributed by atoms with van der Waals surface area (Å²) in [6.07, 6.45) is 2.02. The zero-order valence-corrected chi connectivity index (χ0v) is 11.1. The number of hydrogen-bond acceptors (Lipinski definition) is 5. The van der Waals surface area contributed by atoms with Crippen LogP contribution in [0.5, 0.6) is 0 Å². The van der Waals surface area contributed by atoms with Crippen molar-refractivity contribution < 1.29 is 14.3 Å². The highest BCUT2D eigenvalue weighted by molar-refractivity contribution is 5.98. The van der Waals surface area contributed by atoms with Gasteiger partial charge in [0, 0.05) is 12.6 Å². The van der Waals surface area contributed by atoms with Crippen LogP contribution in [0.2, 0.25) is 0 Å². The smallest absolute Gasteiger partial charge is 0.340 e. The molecule has 1 atom stereocenters. The molecular weight excluding hydrogens is 244 g/mol. The van der Waals surface area contributed by atoms with E-state index in [1.807, 2.05) is 0 Å². The highest BCUT2D eigenvalue weighted by Crippen LogP contribution is 2.26. The van der Waals surface area contributed by atoms with Crippen LogP contribution in [-0.4, -0.2) is 31.8 Å². The zero-order valence-electron chi connectivity index (χ0n) is 11.1. The molecule has 1 aromatic carbocycles. The van der Waals surface area contributed by atoms with Crippen LogP contribution in [0.15, 0.2) is 18.2 Å². The van der Waals surface area contributed by atoms with E-state index in [0.717, 1.165) is 19.4 Å². The summed E-state index contributed by atoms with van der Waals surface area (Å²) in [6.45, 7) is 3.57. The summed E-state index contributed by atoms with van der Waals surface area (Å²) in [4.78, 5) is 11.9. The molecule has 0 aliphatic carbocycles. The van der Waals surface area contributed by atoms with Crippen LogP contribution in [0.4, 0.5) is 11.4 Å². The summed E-state index contributed by atoms with van der Waals surface area (Å²) in [5, 5.41) is 3.31. The third kappa shape index (κ3) is 3.38. The molecule has 1 aliphatic rings. The number of para-hydroxylation sites is 1. The number of benzene rings is 1. The van der Waals surface area contributed by atoms with Gasteiger partial charge in [-0.25, -0.2) is 4.79 Å². The lowest BCUT2D eigenvalue weighted by Crippen LogP contribution is -2.31. The van der Waals surface area contributed by atoms with Crippen LogP contribution in [0.25, 0.3) is 0 Å². The Labute approximate surface area is 113 Å². The van der Waals surface area contributed by atoms with E-state index in [1.165, 1.54) is 0 Å². The molecule has 1 aliphatic heterocycles. The fourth-order valence-corrected chi connectivity index (χ4v) is 2.17. The van der Waals surface area contributed by atoms with Crippen molar-refractivity contribution in [3.05, 3.63) is 23.8 Å². The van der Waals surface area contributed by atoms with Crippen molar-refractivity contribution in [3.63, 3.8) is 0 Å². The van der Waals surface area contributed by atoms with E-state index >= 15 is 0 Å². The molecule has 19 heavy (non-hydrogen) atoms. The standard InChI is InChI=1S/C14H20N2O3/c1-2-19-14(17)11-6-3-7-12(15)13(11)16-10-5-4-8-18-9-10/h3,6-7,10,16H,2,4-5,8-9,15H2,1H3. The van der Waals surface area contributed by atoms with Gasteiger partial charge in [0.2, 0.25) is 0 Å². The van der Waals surface area contributed by atoms with Gasteiger partial charge < -0.3 is 20.5 Å². The van der Waals surface area contributed by atoms with Gasteiger partial charge in [-0.2, -0.15) is 0 Å². The third-order valence-corrected chi connectivity index (χ3v) is 3.10. The van der Waals surface area contributed by atoms with E-state index in [2.05, 4.69) is 5.32 Å². The number of nitrogens with two attached hydrogens (primary N) is 1. The highest BCUT2D eigenvalue weighted by Gasteiger charge is 2.19. The number of nitrogens with one attached hydrogen (secondary N) is 1. The molecule has 0 radical (unpaired) electrons. The Morgan fingerprint density at radius 1 is 1.58 bits per heavy atom. The minimum Gasteiger partial charge on any atom is -0.462 e. The molecule has 1 saturated heterocycles. The van der Waals surface area contributed by atoms with Gasteiger partial charge in [0.1, 0.15) is 0 Å². The first-order valence-electron chi connectivity index (χ1n) is 6.62. The van der Waals surface area contributed by atoms with Gasteiger partial charge in [0.25, 0.3) is 0 Å². The van der Waals surface area contributed by atoms with E-state index in [9.17, 15) is 4.79 Å². The van der Waals surface area contributed by atoms with Crippen molar-refractivity contribution >= 4 is 17.3 Å². The van der Waals surface area contributed by atoms with Gasteiger partial charge in [0.05, 0.1) is 30.2 Å². The van der Waals surface area contributed by atoms with Gasteiger partial charge in [0.15, 0.2) is 0 Å². The number of carbonyl (C=O) groups excluding carboxylic acids is 1. The molecule has 1 aromatic rings. The number of rotatable bonds is 4. The lowest BCUT2D eigenvalue weighted by atomic mass is 10.1. The first-order valence-corrected chi connectivity index (χ1v) is 6.62. The number of ether oxygens (including phenoxy) is 2. The molecule has 0 saturated carbocycles. The van der Waals surface area contributed by atoms with Gasteiger partial charge in [-0.05, 0) is 31.9 Å². The van der Waals surface area contributed by atoms with Crippen LogP contribution in [0.1, 0.15) is 30.1 Å². The summed E-state index contributed by atoms with van der Waals surface area (Å²) in [7, 11) is 0. The Balaban J connectivity index is 2.19. The van der Waals surface area contributed by atoms with Gasteiger partial charge in [-0.15, -0.1) is 0 Å². The van der Waals surface area contributed by atoms with E-state index in [1.54, 1.807) is 25.1 Å². The fraction of sp³-hybridized carbons (Fsp3) is 0.500. The fourth-order valence-electron chi connectivity index (χ4n) is 2.17. The zero-order chi connectivity index (χ0) is 13.7. The topological polar surface area (TPSA) is 73.6 Å². The van der Waals surface area contributed by atoms with Crippen molar-refractivity contribution in [1.82, 2.24) is 0 Å². The molecule has 5 nitrogen and oxygen atoms in total. The maximum Gasteiger partial charge on any atom is 0.340 e. The number of hydrogen-bond donors (Lipinski definition) is 2. The number of carbonyl (C=O) groups is 1. The molecule has 0 bridgehead atoms. The molecule has 0 aromatic heterocycles. The first-order chi connectivity index (χ1) is 9.22. The molecule has 2 rings (SSSR count). The monoisotopic (exact) mass is 264 g/mol. The average Bonchev–Trinajstić information content (AvgIpc) is 2.42. The van der Waals surface area contributed by atoms with Crippen molar-refractivity contribution in [3.8, 4) is 0 Å². The van der Waals surface area contributed by atoms with Crippen molar-refractivity contribution in [2.24, 2.45) is 0 Å². The van der Waals surface area contributed by atoms with Crippen molar-refractivity contribution in [1.29, 1.82) is 0 Å². The second-order valence-electron chi connectivity index (χ2n) is 4.55. The Bertz CT molecular complexity index is 442. The first kappa shape index (κ1) is 13.7. The highest BCUT2D eigenvalue weighted by atomic mass is 16.5. The molecule has 104 valence electrons. The summed E-state index contributed by atoms with van der Waals surface area (Å²) < 4.78 is 10.5. The third-order valence-electron chi connectivity index (χ3n) is 3.10. The van der Waals surface area contributed by atoms with E-state index in [4.69, 9.17) is 15.2 Å². The van der Waals surface area contributed by atoms with E-state index < -0.39 is 0 Å². The second-order valence-corrected chi connectivity index (χ2v) is 4.55.